The number of ether oxygens (including phenoxy) is 1. The fourth-order valence-electron chi connectivity index (χ4n) is 2.72. The van der Waals surface area contributed by atoms with E-state index in [-0.39, 0.29) is 18.5 Å². The van der Waals surface area contributed by atoms with Gasteiger partial charge in [0.2, 0.25) is 0 Å². The quantitative estimate of drug-likeness (QED) is 0.909. The summed E-state index contributed by atoms with van der Waals surface area (Å²) < 4.78 is 6.18. The maximum atomic E-state index is 6.18. The van der Waals surface area contributed by atoms with Crippen LogP contribution in [-0.2, 0) is 0 Å². The lowest BCUT2D eigenvalue weighted by Gasteiger charge is -2.33. The zero-order chi connectivity index (χ0) is 13.8. The van der Waals surface area contributed by atoms with Gasteiger partial charge in [-0.05, 0) is 36.7 Å². The summed E-state index contributed by atoms with van der Waals surface area (Å²) in [6.07, 6.45) is 1.20. The molecular formula is C17H19Cl2NO. The lowest BCUT2D eigenvalue weighted by atomic mass is 9.89. The maximum Gasteiger partial charge on any atom is 0.121 e. The van der Waals surface area contributed by atoms with Gasteiger partial charge in [-0.15, -0.1) is 12.4 Å². The lowest BCUT2D eigenvalue weighted by molar-refractivity contribution is 0.138. The third kappa shape index (κ3) is 4.13. The molecule has 21 heavy (non-hydrogen) atoms. The van der Waals surface area contributed by atoms with Crippen LogP contribution in [0.3, 0.4) is 0 Å². The van der Waals surface area contributed by atoms with Crippen molar-refractivity contribution in [3.8, 4) is 5.75 Å². The second-order valence-electron chi connectivity index (χ2n) is 5.12. The van der Waals surface area contributed by atoms with Gasteiger partial charge in [0.15, 0.2) is 0 Å². The molecule has 2 atom stereocenters. The molecule has 4 heteroatoms. The van der Waals surface area contributed by atoms with E-state index in [0.29, 0.717) is 10.9 Å². The van der Waals surface area contributed by atoms with E-state index in [1.807, 2.05) is 30.3 Å². The van der Waals surface area contributed by atoms with E-state index in [4.69, 9.17) is 16.3 Å². The Morgan fingerprint density at radius 2 is 1.86 bits per heavy atom. The molecule has 2 nitrogen and oxygen atoms in total. The van der Waals surface area contributed by atoms with Gasteiger partial charge in [0.1, 0.15) is 11.9 Å². The van der Waals surface area contributed by atoms with Crippen molar-refractivity contribution in [3.63, 3.8) is 0 Å². The van der Waals surface area contributed by atoms with Gasteiger partial charge in [-0.3, -0.25) is 0 Å². The highest BCUT2D eigenvalue weighted by molar-refractivity contribution is 6.30. The number of piperidine rings is 1. The van der Waals surface area contributed by atoms with Crippen molar-refractivity contribution in [2.75, 3.05) is 13.1 Å². The van der Waals surface area contributed by atoms with Crippen molar-refractivity contribution in [1.82, 2.24) is 5.32 Å². The van der Waals surface area contributed by atoms with Gasteiger partial charge in [0.25, 0.3) is 0 Å². The molecular weight excluding hydrogens is 305 g/mol. The van der Waals surface area contributed by atoms with E-state index in [2.05, 4.69) is 29.6 Å². The molecule has 0 radical (unpaired) electrons. The normalized spacial score (nSPS) is 21.4. The van der Waals surface area contributed by atoms with Gasteiger partial charge in [0.05, 0.1) is 0 Å². The summed E-state index contributed by atoms with van der Waals surface area (Å²) >= 11 is 6.02. The predicted molar refractivity (Wildman–Crippen MR) is 89.8 cm³/mol. The zero-order valence-corrected chi connectivity index (χ0v) is 13.2. The molecule has 0 aromatic heterocycles. The maximum absolute atomic E-state index is 6.18. The number of rotatable bonds is 3. The van der Waals surface area contributed by atoms with E-state index in [1.165, 1.54) is 5.56 Å². The number of hydrogen-bond donors (Lipinski definition) is 1. The summed E-state index contributed by atoms with van der Waals surface area (Å²) in [4.78, 5) is 0. The van der Waals surface area contributed by atoms with Crippen LogP contribution in [0, 0.1) is 0 Å². The molecule has 1 N–H and O–H groups in total. The van der Waals surface area contributed by atoms with Crippen LogP contribution in [-0.4, -0.2) is 19.2 Å². The van der Waals surface area contributed by atoms with E-state index in [9.17, 15) is 0 Å². The first-order valence-corrected chi connectivity index (χ1v) is 7.38. The van der Waals surface area contributed by atoms with Crippen molar-refractivity contribution < 1.29 is 4.74 Å². The van der Waals surface area contributed by atoms with Gasteiger partial charge >= 0.3 is 0 Å². The lowest BCUT2D eigenvalue weighted by Crippen LogP contribution is -2.41. The van der Waals surface area contributed by atoms with Gasteiger partial charge in [-0.1, -0.05) is 48.0 Å². The van der Waals surface area contributed by atoms with Crippen molar-refractivity contribution in [3.05, 3.63) is 65.2 Å². The standard InChI is InChI=1S/C17H18ClNO.ClH/c18-14-7-4-8-15(11-14)20-17-9-10-19-12-16(17)13-5-2-1-3-6-13;/h1-8,11,16-17,19H,9-10,12H2;1H. The largest absolute Gasteiger partial charge is 0.490 e. The third-order valence-electron chi connectivity index (χ3n) is 3.73. The molecule has 2 unspecified atom stereocenters. The summed E-state index contributed by atoms with van der Waals surface area (Å²) in [5.74, 6) is 1.23. The highest BCUT2D eigenvalue weighted by atomic mass is 35.5. The number of benzene rings is 2. The Morgan fingerprint density at radius 1 is 1.05 bits per heavy atom. The molecule has 0 spiro atoms. The van der Waals surface area contributed by atoms with Crippen molar-refractivity contribution in [2.24, 2.45) is 0 Å². The monoisotopic (exact) mass is 323 g/mol. The molecule has 0 aliphatic carbocycles. The Kier molecular flexibility index (Phi) is 5.92. The van der Waals surface area contributed by atoms with Crippen LogP contribution < -0.4 is 10.1 Å². The molecule has 1 heterocycles. The van der Waals surface area contributed by atoms with Crippen LogP contribution in [0.25, 0.3) is 0 Å². The second kappa shape index (κ2) is 7.69. The minimum absolute atomic E-state index is 0. The summed E-state index contributed by atoms with van der Waals surface area (Å²) in [6, 6.07) is 18.2. The Labute approximate surface area is 136 Å². The van der Waals surface area contributed by atoms with Crippen molar-refractivity contribution >= 4 is 24.0 Å². The topological polar surface area (TPSA) is 21.3 Å². The average molecular weight is 324 g/mol. The Morgan fingerprint density at radius 3 is 2.62 bits per heavy atom. The summed E-state index contributed by atoms with van der Waals surface area (Å²) in [5, 5.41) is 4.17. The van der Waals surface area contributed by atoms with E-state index in [1.54, 1.807) is 0 Å². The number of halogens is 2. The summed E-state index contributed by atoms with van der Waals surface area (Å²) in [6.45, 7) is 1.95. The average Bonchev–Trinajstić information content (AvgIpc) is 2.49. The SMILES string of the molecule is Cl.Clc1cccc(OC2CCNCC2c2ccccc2)c1. The minimum atomic E-state index is 0. The summed E-state index contributed by atoms with van der Waals surface area (Å²) in [5.41, 5.74) is 1.33. The Hall–Kier alpha value is -1.22. The van der Waals surface area contributed by atoms with Gasteiger partial charge < -0.3 is 10.1 Å². The molecule has 0 bridgehead atoms. The molecule has 1 aliphatic heterocycles. The van der Waals surface area contributed by atoms with Crippen LogP contribution >= 0.6 is 24.0 Å². The van der Waals surface area contributed by atoms with E-state index < -0.39 is 0 Å². The fourth-order valence-corrected chi connectivity index (χ4v) is 2.90. The molecule has 2 aromatic rings. The third-order valence-corrected chi connectivity index (χ3v) is 3.97. The molecule has 1 fully saturated rings. The van der Waals surface area contributed by atoms with Crippen molar-refractivity contribution in [1.29, 1.82) is 0 Å². The highest BCUT2D eigenvalue weighted by Crippen LogP contribution is 2.28. The Bertz CT molecular complexity index is 562. The molecule has 3 rings (SSSR count). The Balaban J connectivity index is 0.00000161. The minimum Gasteiger partial charge on any atom is -0.490 e. The molecule has 1 saturated heterocycles. The van der Waals surface area contributed by atoms with Crippen LogP contribution in [0.15, 0.2) is 54.6 Å². The zero-order valence-electron chi connectivity index (χ0n) is 11.7. The molecule has 0 saturated carbocycles. The smallest absolute Gasteiger partial charge is 0.121 e. The van der Waals surface area contributed by atoms with Gasteiger partial charge in [-0.25, -0.2) is 0 Å². The second-order valence-corrected chi connectivity index (χ2v) is 5.56. The fraction of sp³-hybridized carbons (Fsp3) is 0.294. The first-order valence-electron chi connectivity index (χ1n) is 7.01. The summed E-state index contributed by atoms with van der Waals surface area (Å²) in [7, 11) is 0. The number of hydrogen-bond acceptors (Lipinski definition) is 2. The van der Waals surface area contributed by atoms with Crippen molar-refractivity contribution in [2.45, 2.75) is 18.4 Å². The first-order chi connectivity index (χ1) is 9.83. The van der Waals surface area contributed by atoms with Crippen LogP contribution in [0.5, 0.6) is 5.75 Å². The predicted octanol–water partition coefficient (Wildman–Crippen LogP) is 4.29. The van der Waals surface area contributed by atoms with E-state index in [0.717, 1.165) is 25.3 Å². The van der Waals surface area contributed by atoms with Crippen LogP contribution in [0.4, 0.5) is 0 Å². The first kappa shape index (κ1) is 16.2. The van der Waals surface area contributed by atoms with Gasteiger partial charge in [-0.2, -0.15) is 0 Å². The molecule has 1 aliphatic rings. The molecule has 2 aromatic carbocycles. The van der Waals surface area contributed by atoms with Crippen LogP contribution in [0.2, 0.25) is 5.02 Å². The molecule has 0 amide bonds. The van der Waals surface area contributed by atoms with Gasteiger partial charge in [0, 0.05) is 17.5 Å². The van der Waals surface area contributed by atoms with Crippen LogP contribution in [0.1, 0.15) is 17.9 Å². The van der Waals surface area contributed by atoms with E-state index >= 15 is 0 Å². The molecule has 112 valence electrons. The highest BCUT2D eigenvalue weighted by Gasteiger charge is 2.27. The number of nitrogens with one attached hydrogen (secondary N) is 1.